The molecule has 1 aromatic rings. The van der Waals surface area contributed by atoms with Crippen molar-refractivity contribution in [1.29, 1.82) is 0 Å². The standard InChI is InChI=1S/C14H22N2O/c15-9-1-3-13-4-2-10-16(13)11-12-5-7-14(17)8-6-12/h5-8,13,17H,1-4,9-11,15H2. The zero-order valence-corrected chi connectivity index (χ0v) is 10.3. The first-order chi connectivity index (χ1) is 8.29. The summed E-state index contributed by atoms with van der Waals surface area (Å²) in [5.41, 5.74) is 6.86. The number of aromatic hydroxyl groups is 1. The summed E-state index contributed by atoms with van der Waals surface area (Å²) in [6, 6.07) is 8.24. The molecule has 0 radical (unpaired) electrons. The van der Waals surface area contributed by atoms with E-state index in [1.165, 1.54) is 31.4 Å². The molecule has 0 aliphatic carbocycles. The molecule has 3 heteroatoms. The van der Waals surface area contributed by atoms with Gasteiger partial charge in [0.1, 0.15) is 5.75 Å². The largest absolute Gasteiger partial charge is 0.508 e. The first kappa shape index (κ1) is 12.4. The molecule has 1 heterocycles. The molecule has 1 saturated heterocycles. The van der Waals surface area contributed by atoms with Crippen molar-refractivity contribution < 1.29 is 5.11 Å². The molecule has 0 saturated carbocycles. The molecule has 17 heavy (non-hydrogen) atoms. The summed E-state index contributed by atoms with van der Waals surface area (Å²) in [5, 5.41) is 9.26. The maximum absolute atomic E-state index is 9.26. The number of phenols is 1. The Hall–Kier alpha value is -1.06. The average molecular weight is 234 g/mol. The van der Waals surface area contributed by atoms with Crippen LogP contribution in [0.1, 0.15) is 31.2 Å². The zero-order chi connectivity index (χ0) is 12.1. The van der Waals surface area contributed by atoms with E-state index < -0.39 is 0 Å². The number of nitrogens with zero attached hydrogens (tertiary/aromatic N) is 1. The van der Waals surface area contributed by atoms with Crippen LogP contribution in [0.2, 0.25) is 0 Å². The van der Waals surface area contributed by atoms with E-state index in [-0.39, 0.29) is 0 Å². The van der Waals surface area contributed by atoms with Crippen LogP contribution in [0.25, 0.3) is 0 Å². The molecule has 2 rings (SSSR count). The summed E-state index contributed by atoms with van der Waals surface area (Å²) in [4.78, 5) is 2.54. The molecule has 3 nitrogen and oxygen atoms in total. The van der Waals surface area contributed by atoms with E-state index in [9.17, 15) is 5.11 Å². The van der Waals surface area contributed by atoms with Crippen LogP contribution in [0.15, 0.2) is 24.3 Å². The molecular weight excluding hydrogens is 212 g/mol. The number of nitrogens with two attached hydrogens (primary N) is 1. The van der Waals surface area contributed by atoms with Crippen molar-refractivity contribution in [2.75, 3.05) is 13.1 Å². The second-order valence-corrected chi connectivity index (χ2v) is 4.86. The molecule has 1 unspecified atom stereocenters. The van der Waals surface area contributed by atoms with E-state index in [0.717, 1.165) is 19.5 Å². The summed E-state index contributed by atoms with van der Waals surface area (Å²) in [7, 11) is 0. The van der Waals surface area contributed by atoms with Crippen LogP contribution in [0.5, 0.6) is 5.75 Å². The number of rotatable bonds is 5. The lowest BCUT2D eigenvalue weighted by atomic mass is 10.1. The fourth-order valence-corrected chi connectivity index (χ4v) is 2.62. The fraction of sp³-hybridized carbons (Fsp3) is 0.571. The molecule has 1 aliphatic heterocycles. The number of phenolic OH excluding ortho intramolecular Hbond substituents is 1. The van der Waals surface area contributed by atoms with Crippen molar-refractivity contribution in [1.82, 2.24) is 4.90 Å². The van der Waals surface area contributed by atoms with Crippen molar-refractivity contribution in [3.05, 3.63) is 29.8 Å². The van der Waals surface area contributed by atoms with Gasteiger partial charge in [-0.3, -0.25) is 4.90 Å². The van der Waals surface area contributed by atoms with Crippen LogP contribution in [0, 0.1) is 0 Å². The second-order valence-electron chi connectivity index (χ2n) is 4.86. The Kier molecular flexibility index (Phi) is 4.40. The minimum absolute atomic E-state index is 0.342. The summed E-state index contributed by atoms with van der Waals surface area (Å²) in [5.74, 6) is 0.342. The predicted octanol–water partition coefficient (Wildman–Crippen LogP) is 2.10. The molecule has 0 spiro atoms. The Balaban J connectivity index is 1.90. The number of benzene rings is 1. The van der Waals surface area contributed by atoms with Crippen molar-refractivity contribution in [2.45, 2.75) is 38.3 Å². The Labute approximate surface area is 103 Å². The van der Waals surface area contributed by atoms with Crippen LogP contribution >= 0.6 is 0 Å². The lowest BCUT2D eigenvalue weighted by molar-refractivity contribution is 0.232. The third-order valence-electron chi connectivity index (χ3n) is 3.56. The van der Waals surface area contributed by atoms with Gasteiger partial charge < -0.3 is 10.8 Å². The van der Waals surface area contributed by atoms with E-state index >= 15 is 0 Å². The molecule has 94 valence electrons. The van der Waals surface area contributed by atoms with Crippen molar-refractivity contribution in [3.8, 4) is 5.75 Å². The van der Waals surface area contributed by atoms with Crippen molar-refractivity contribution in [2.24, 2.45) is 5.73 Å². The monoisotopic (exact) mass is 234 g/mol. The quantitative estimate of drug-likeness (QED) is 0.820. The highest BCUT2D eigenvalue weighted by atomic mass is 16.3. The minimum atomic E-state index is 0.342. The van der Waals surface area contributed by atoms with Gasteiger partial charge in [-0.2, -0.15) is 0 Å². The van der Waals surface area contributed by atoms with Crippen molar-refractivity contribution >= 4 is 0 Å². The highest BCUT2D eigenvalue weighted by molar-refractivity contribution is 5.25. The topological polar surface area (TPSA) is 49.5 Å². The van der Waals surface area contributed by atoms with Crippen LogP contribution in [-0.4, -0.2) is 29.1 Å². The highest BCUT2D eigenvalue weighted by Gasteiger charge is 2.23. The number of likely N-dealkylation sites (tertiary alicyclic amines) is 1. The van der Waals surface area contributed by atoms with Crippen LogP contribution in [-0.2, 0) is 6.54 Å². The lowest BCUT2D eigenvalue weighted by Crippen LogP contribution is -2.29. The van der Waals surface area contributed by atoms with Crippen LogP contribution in [0.4, 0.5) is 0 Å². The molecule has 0 amide bonds. The molecule has 0 aromatic heterocycles. The first-order valence-corrected chi connectivity index (χ1v) is 6.51. The highest BCUT2D eigenvalue weighted by Crippen LogP contribution is 2.23. The maximum atomic E-state index is 9.26. The van der Waals surface area contributed by atoms with Crippen LogP contribution < -0.4 is 5.73 Å². The van der Waals surface area contributed by atoms with E-state index in [1.54, 1.807) is 12.1 Å². The SMILES string of the molecule is NCCCC1CCCN1Cc1ccc(O)cc1. The molecule has 0 bridgehead atoms. The molecular formula is C14H22N2O. The van der Waals surface area contributed by atoms with Gasteiger partial charge in [0.25, 0.3) is 0 Å². The lowest BCUT2D eigenvalue weighted by Gasteiger charge is -2.24. The maximum Gasteiger partial charge on any atom is 0.115 e. The number of hydrogen-bond acceptors (Lipinski definition) is 3. The van der Waals surface area contributed by atoms with Gasteiger partial charge in [-0.1, -0.05) is 12.1 Å². The van der Waals surface area contributed by atoms with Gasteiger partial charge in [-0.25, -0.2) is 0 Å². The average Bonchev–Trinajstić information content (AvgIpc) is 2.77. The van der Waals surface area contributed by atoms with Gasteiger partial charge in [0.15, 0.2) is 0 Å². The minimum Gasteiger partial charge on any atom is -0.508 e. The van der Waals surface area contributed by atoms with Crippen LogP contribution in [0.3, 0.4) is 0 Å². The Bertz CT molecular complexity index is 337. The third kappa shape index (κ3) is 3.45. The predicted molar refractivity (Wildman–Crippen MR) is 69.8 cm³/mol. The molecule has 3 N–H and O–H groups in total. The molecule has 1 aromatic carbocycles. The fourth-order valence-electron chi connectivity index (χ4n) is 2.62. The van der Waals surface area contributed by atoms with Gasteiger partial charge in [0.05, 0.1) is 0 Å². The van der Waals surface area contributed by atoms with E-state index in [2.05, 4.69) is 4.90 Å². The first-order valence-electron chi connectivity index (χ1n) is 6.51. The molecule has 1 fully saturated rings. The van der Waals surface area contributed by atoms with E-state index in [1.807, 2.05) is 12.1 Å². The smallest absolute Gasteiger partial charge is 0.115 e. The molecule has 1 aliphatic rings. The summed E-state index contributed by atoms with van der Waals surface area (Å²) < 4.78 is 0. The van der Waals surface area contributed by atoms with Gasteiger partial charge in [0, 0.05) is 12.6 Å². The normalized spacial score (nSPS) is 20.9. The summed E-state index contributed by atoms with van der Waals surface area (Å²) in [6.45, 7) is 2.98. The second kappa shape index (κ2) is 6.03. The van der Waals surface area contributed by atoms with E-state index in [4.69, 9.17) is 5.73 Å². The Morgan fingerprint density at radius 1 is 1.29 bits per heavy atom. The Morgan fingerprint density at radius 2 is 2.06 bits per heavy atom. The van der Waals surface area contributed by atoms with E-state index in [0.29, 0.717) is 11.8 Å². The van der Waals surface area contributed by atoms with Gasteiger partial charge in [0.2, 0.25) is 0 Å². The zero-order valence-electron chi connectivity index (χ0n) is 10.3. The van der Waals surface area contributed by atoms with Gasteiger partial charge in [-0.15, -0.1) is 0 Å². The summed E-state index contributed by atoms with van der Waals surface area (Å²) >= 11 is 0. The summed E-state index contributed by atoms with van der Waals surface area (Å²) in [6.07, 6.45) is 4.94. The van der Waals surface area contributed by atoms with Crippen molar-refractivity contribution in [3.63, 3.8) is 0 Å². The van der Waals surface area contributed by atoms with Gasteiger partial charge >= 0.3 is 0 Å². The Morgan fingerprint density at radius 3 is 2.76 bits per heavy atom. The van der Waals surface area contributed by atoms with Gasteiger partial charge in [-0.05, 0) is 56.5 Å². The third-order valence-corrected chi connectivity index (χ3v) is 3.56. The molecule has 1 atom stereocenters. The number of hydrogen-bond donors (Lipinski definition) is 2.